The Labute approximate surface area is 77.6 Å². The van der Waals surface area contributed by atoms with Crippen LogP contribution < -0.4 is 0 Å². The molecular weight excluding hydrogens is 166 g/mol. The van der Waals surface area contributed by atoms with E-state index in [0.717, 1.165) is 25.0 Å². The molecule has 0 amide bonds. The Morgan fingerprint density at radius 2 is 2.38 bits per heavy atom. The van der Waals surface area contributed by atoms with Crippen LogP contribution in [0.4, 0.5) is 0 Å². The van der Waals surface area contributed by atoms with Crippen LogP contribution in [0.1, 0.15) is 31.9 Å². The van der Waals surface area contributed by atoms with Gasteiger partial charge < -0.3 is 5.11 Å². The van der Waals surface area contributed by atoms with Crippen LogP contribution in [-0.2, 0) is 12.6 Å². The second-order valence-electron chi connectivity index (χ2n) is 3.79. The van der Waals surface area contributed by atoms with Gasteiger partial charge in [0.25, 0.3) is 0 Å². The summed E-state index contributed by atoms with van der Waals surface area (Å²) in [5, 5.41) is 18.0. The molecule has 1 aromatic heterocycles. The molecule has 0 aliphatic heterocycles. The number of aliphatic hydroxyl groups is 1. The predicted molar refractivity (Wildman–Crippen MR) is 47.9 cm³/mol. The van der Waals surface area contributed by atoms with Gasteiger partial charge in [0.1, 0.15) is 5.60 Å². The van der Waals surface area contributed by atoms with E-state index < -0.39 is 5.60 Å². The lowest BCUT2D eigenvalue weighted by molar-refractivity contribution is 0.00110. The standard InChI is InChI=1S/C9H15N3O/c1-3-9(13,7-4-5-7)8-6-10-11-12(8)2/h6-7,13H,3-5H2,1-2H3. The molecule has 4 heteroatoms. The molecule has 1 atom stereocenters. The molecule has 1 aromatic rings. The quantitative estimate of drug-likeness (QED) is 0.751. The van der Waals surface area contributed by atoms with E-state index in [1.165, 1.54) is 0 Å². The smallest absolute Gasteiger partial charge is 0.110 e. The molecule has 0 spiro atoms. The molecule has 1 N–H and O–H groups in total. The summed E-state index contributed by atoms with van der Waals surface area (Å²) in [7, 11) is 1.82. The van der Waals surface area contributed by atoms with Crippen LogP contribution in [0.3, 0.4) is 0 Å². The third-order valence-electron chi connectivity index (χ3n) is 2.95. The fourth-order valence-corrected chi connectivity index (χ4v) is 1.92. The number of rotatable bonds is 3. The van der Waals surface area contributed by atoms with E-state index in [1.54, 1.807) is 10.9 Å². The maximum absolute atomic E-state index is 10.4. The molecule has 2 rings (SSSR count). The van der Waals surface area contributed by atoms with Crippen LogP contribution in [0.2, 0.25) is 0 Å². The maximum Gasteiger partial charge on any atom is 0.110 e. The normalized spacial score (nSPS) is 21.5. The summed E-state index contributed by atoms with van der Waals surface area (Å²) in [4.78, 5) is 0. The summed E-state index contributed by atoms with van der Waals surface area (Å²) < 4.78 is 1.67. The number of aryl methyl sites for hydroxylation is 1. The van der Waals surface area contributed by atoms with Crippen molar-refractivity contribution < 1.29 is 5.11 Å². The molecule has 4 nitrogen and oxygen atoms in total. The number of hydrogen-bond acceptors (Lipinski definition) is 3. The first-order valence-electron chi connectivity index (χ1n) is 4.76. The van der Waals surface area contributed by atoms with Crippen molar-refractivity contribution in [1.82, 2.24) is 15.0 Å². The van der Waals surface area contributed by atoms with Crippen molar-refractivity contribution in [2.45, 2.75) is 31.8 Å². The van der Waals surface area contributed by atoms with Crippen LogP contribution >= 0.6 is 0 Å². The maximum atomic E-state index is 10.4. The summed E-state index contributed by atoms with van der Waals surface area (Å²) in [5.74, 6) is 0.412. The Morgan fingerprint density at radius 1 is 1.69 bits per heavy atom. The molecule has 1 fully saturated rings. The minimum absolute atomic E-state index is 0.412. The average Bonchev–Trinajstić information content (AvgIpc) is 2.89. The van der Waals surface area contributed by atoms with Crippen molar-refractivity contribution in [2.24, 2.45) is 13.0 Å². The molecule has 1 aliphatic rings. The number of hydrogen-bond donors (Lipinski definition) is 1. The van der Waals surface area contributed by atoms with Crippen molar-refractivity contribution in [3.05, 3.63) is 11.9 Å². The molecular formula is C9H15N3O. The van der Waals surface area contributed by atoms with E-state index >= 15 is 0 Å². The highest BCUT2D eigenvalue weighted by molar-refractivity contribution is 5.12. The zero-order chi connectivity index (χ0) is 9.47. The Kier molecular flexibility index (Phi) is 1.87. The van der Waals surface area contributed by atoms with Gasteiger partial charge in [-0.15, -0.1) is 5.10 Å². The zero-order valence-corrected chi connectivity index (χ0v) is 8.06. The average molecular weight is 181 g/mol. The minimum Gasteiger partial charge on any atom is -0.383 e. The SMILES string of the molecule is CCC(O)(c1cnnn1C)C1CC1. The lowest BCUT2D eigenvalue weighted by atomic mass is 9.91. The Bertz CT molecular complexity index is 306. The molecule has 1 unspecified atom stereocenters. The molecule has 1 heterocycles. The van der Waals surface area contributed by atoms with Crippen LogP contribution in [0, 0.1) is 5.92 Å². The van der Waals surface area contributed by atoms with Crippen LogP contribution in [0.15, 0.2) is 6.20 Å². The first-order chi connectivity index (χ1) is 6.18. The lowest BCUT2D eigenvalue weighted by Gasteiger charge is -2.25. The predicted octanol–water partition coefficient (Wildman–Crippen LogP) is 0.823. The van der Waals surface area contributed by atoms with E-state index in [-0.39, 0.29) is 0 Å². The molecule has 1 aliphatic carbocycles. The highest BCUT2D eigenvalue weighted by Gasteiger charge is 2.45. The van der Waals surface area contributed by atoms with Crippen LogP contribution in [0.25, 0.3) is 0 Å². The monoisotopic (exact) mass is 181 g/mol. The Balaban J connectivity index is 2.35. The molecule has 0 aromatic carbocycles. The van der Waals surface area contributed by atoms with Gasteiger partial charge in [-0.25, -0.2) is 4.68 Å². The van der Waals surface area contributed by atoms with Gasteiger partial charge in [-0.1, -0.05) is 12.1 Å². The van der Waals surface area contributed by atoms with Gasteiger partial charge in [-0.05, 0) is 25.2 Å². The van der Waals surface area contributed by atoms with Gasteiger partial charge in [-0.2, -0.15) is 0 Å². The fourth-order valence-electron chi connectivity index (χ4n) is 1.92. The minimum atomic E-state index is -0.696. The third-order valence-corrected chi connectivity index (χ3v) is 2.95. The Hall–Kier alpha value is -0.900. The van der Waals surface area contributed by atoms with E-state index in [4.69, 9.17) is 0 Å². The van der Waals surface area contributed by atoms with Crippen molar-refractivity contribution in [3.63, 3.8) is 0 Å². The van der Waals surface area contributed by atoms with Crippen molar-refractivity contribution in [1.29, 1.82) is 0 Å². The van der Waals surface area contributed by atoms with Crippen molar-refractivity contribution >= 4 is 0 Å². The van der Waals surface area contributed by atoms with Crippen molar-refractivity contribution in [3.8, 4) is 0 Å². The van der Waals surface area contributed by atoms with Crippen LogP contribution in [0.5, 0.6) is 0 Å². The Morgan fingerprint density at radius 3 is 2.77 bits per heavy atom. The summed E-state index contributed by atoms with van der Waals surface area (Å²) in [6.45, 7) is 2.01. The van der Waals surface area contributed by atoms with Gasteiger partial charge in [0.2, 0.25) is 0 Å². The highest BCUT2D eigenvalue weighted by atomic mass is 16.3. The van der Waals surface area contributed by atoms with Gasteiger partial charge in [-0.3, -0.25) is 0 Å². The van der Waals surface area contributed by atoms with Gasteiger partial charge in [0, 0.05) is 7.05 Å². The summed E-state index contributed by atoms with van der Waals surface area (Å²) in [6.07, 6.45) is 4.64. The topological polar surface area (TPSA) is 50.9 Å². The second-order valence-corrected chi connectivity index (χ2v) is 3.79. The largest absolute Gasteiger partial charge is 0.383 e. The third kappa shape index (κ3) is 1.25. The first kappa shape index (κ1) is 8.69. The molecule has 0 saturated heterocycles. The van der Waals surface area contributed by atoms with E-state index in [0.29, 0.717) is 5.92 Å². The zero-order valence-electron chi connectivity index (χ0n) is 8.06. The van der Waals surface area contributed by atoms with Crippen LogP contribution in [-0.4, -0.2) is 20.1 Å². The number of nitrogens with zero attached hydrogens (tertiary/aromatic N) is 3. The fraction of sp³-hybridized carbons (Fsp3) is 0.778. The van der Waals surface area contributed by atoms with E-state index in [1.807, 2.05) is 14.0 Å². The van der Waals surface area contributed by atoms with E-state index in [2.05, 4.69) is 10.3 Å². The summed E-state index contributed by atoms with van der Waals surface area (Å²) in [5.41, 5.74) is 0.149. The molecule has 0 bridgehead atoms. The van der Waals surface area contributed by atoms with Gasteiger partial charge in [0.05, 0.1) is 11.9 Å². The first-order valence-corrected chi connectivity index (χ1v) is 4.76. The van der Waals surface area contributed by atoms with Crippen molar-refractivity contribution in [2.75, 3.05) is 0 Å². The second kappa shape index (κ2) is 2.80. The van der Waals surface area contributed by atoms with Gasteiger partial charge >= 0.3 is 0 Å². The number of aromatic nitrogens is 3. The van der Waals surface area contributed by atoms with E-state index in [9.17, 15) is 5.11 Å². The molecule has 72 valence electrons. The van der Waals surface area contributed by atoms with Gasteiger partial charge in [0.15, 0.2) is 0 Å². The molecule has 13 heavy (non-hydrogen) atoms. The lowest BCUT2D eigenvalue weighted by Crippen LogP contribution is -2.30. The summed E-state index contributed by atoms with van der Waals surface area (Å²) >= 11 is 0. The molecule has 0 radical (unpaired) electrons. The highest BCUT2D eigenvalue weighted by Crippen LogP contribution is 2.47. The molecule has 1 saturated carbocycles. The summed E-state index contributed by atoms with van der Waals surface area (Å²) in [6, 6.07) is 0.